The number of hydrogen-bond acceptors (Lipinski definition) is 4. The molecule has 0 radical (unpaired) electrons. The molecule has 0 saturated carbocycles. The van der Waals surface area contributed by atoms with Gasteiger partial charge in [0, 0.05) is 18.7 Å². The lowest BCUT2D eigenvalue weighted by atomic mass is 10.1. The summed E-state index contributed by atoms with van der Waals surface area (Å²) in [6, 6.07) is 3.92. The summed E-state index contributed by atoms with van der Waals surface area (Å²) in [5.41, 5.74) is 0.537. The van der Waals surface area contributed by atoms with Crippen LogP contribution in [0.4, 0.5) is 0 Å². The summed E-state index contributed by atoms with van der Waals surface area (Å²) in [4.78, 5) is 0. The van der Waals surface area contributed by atoms with Crippen molar-refractivity contribution in [2.45, 2.75) is 25.3 Å². The maximum Gasteiger partial charge on any atom is 0.203 e. The molecular formula is C11H14N4O. The third kappa shape index (κ3) is 1.53. The van der Waals surface area contributed by atoms with Gasteiger partial charge < -0.3 is 10.4 Å². The molecule has 16 heavy (non-hydrogen) atoms. The number of fused-ring (bicyclic) bond motifs is 1. The third-order valence-electron chi connectivity index (χ3n) is 3.08. The van der Waals surface area contributed by atoms with Gasteiger partial charge in [-0.25, -0.2) is 0 Å². The topological polar surface area (TPSA) is 62.5 Å². The van der Waals surface area contributed by atoms with Crippen molar-refractivity contribution in [3.63, 3.8) is 0 Å². The van der Waals surface area contributed by atoms with Gasteiger partial charge in [-0.2, -0.15) is 0 Å². The van der Waals surface area contributed by atoms with Crippen LogP contribution in [0.25, 0.3) is 5.65 Å². The molecule has 1 fully saturated rings. The summed E-state index contributed by atoms with van der Waals surface area (Å²) in [7, 11) is 0. The predicted molar refractivity (Wildman–Crippen MR) is 59.4 cm³/mol. The van der Waals surface area contributed by atoms with Crippen LogP contribution in [-0.4, -0.2) is 32.3 Å². The molecule has 5 heteroatoms. The zero-order chi connectivity index (χ0) is 11.0. The quantitative estimate of drug-likeness (QED) is 0.780. The van der Waals surface area contributed by atoms with E-state index in [1.807, 2.05) is 10.6 Å². The van der Waals surface area contributed by atoms with Crippen LogP contribution in [0.1, 0.15) is 18.7 Å². The second kappa shape index (κ2) is 3.75. The number of aromatic nitrogens is 3. The van der Waals surface area contributed by atoms with Crippen LogP contribution in [0.2, 0.25) is 0 Å². The third-order valence-corrected chi connectivity index (χ3v) is 3.08. The highest BCUT2D eigenvalue weighted by molar-refractivity contribution is 5.51. The molecule has 0 spiro atoms. The Hall–Kier alpha value is -1.62. The monoisotopic (exact) mass is 218 g/mol. The van der Waals surface area contributed by atoms with E-state index in [4.69, 9.17) is 0 Å². The molecule has 0 bridgehead atoms. The van der Waals surface area contributed by atoms with E-state index >= 15 is 0 Å². The lowest BCUT2D eigenvalue weighted by Gasteiger charge is -2.07. The Morgan fingerprint density at radius 2 is 2.44 bits per heavy atom. The van der Waals surface area contributed by atoms with Crippen LogP contribution in [0.5, 0.6) is 5.75 Å². The van der Waals surface area contributed by atoms with Crippen molar-refractivity contribution in [2.75, 3.05) is 6.54 Å². The van der Waals surface area contributed by atoms with Crippen LogP contribution in [0.15, 0.2) is 18.3 Å². The SMILES string of the molecule is Oc1cccn2c(CC3CCCN3)nnc12. The van der Waals surface area contributed by atoms with Gasteiger partial charge in [-0.3, -0.25) is 4.40 Å². The molecule has 0 amide bonds. The Morgan fingerprint density at radius 3 is 3.25 bits per heavy atom. The van der Waals surface area contributed by atoms with Crippen molar-refractivity contribution in [1.29, 1.82) is 0 Å². The van der Waals surface area contributed by atoms with Gasteiger partial charge in [-0.1, -0.05) is 0 Å². The molecule has 2 aromatic heterocycles. The maximum absolute atomic E-state index is 9.61. The van der Waals surface area contributed by atoms with Gasteiger partial charge in [-0.15, -0.1) is 10.2 Å². The summed E-state index contributed by atoms with van der Waals surface area (Å²) < 4.78 is 1.86. The van der Waals surface area contributed by atoms with E-state index in [1.165, 1.54) is 12.8 Å². The van der Waals surface area contributed by atoms with Crippen LogP contribution < -0.4 is 5.32 Å². The molecule has 3 rings (SSSR count). The normalized spacial score (nSPS) is 20.6. The Bertz CT molecular complexity index is 502. The molecule has 1 saturated heterocycles. The van der Waals surface area contributed by atoms with E-state index in [1.54, 1.807) is 12.1 Å². The van der Waals surface area contributed by atoms with E-state index in [-0.39, 0.29) is 5.75 Å². The highest BCUT2D eigenvalue weighted by Gasteiger charge is 2.18. The molecule has 1 atom stereocenters. The van der Waals surface area contributed by atoms with Crippen LogP contribution >= 0.6 is 0 Å². The van der Waals surface area contributed by atoms with Crippen LogP contribution in [0.3, 0.4) is 0 Å². The minimum Gasteiger partial charge on any atom is -0.504 e. The van der Waals surface area contributed by atoms with E-state index in [9.17, 15) is 5.11 Å². The van der Waals surface area contributed by atoms with E-state index in [0.717, 1.165) is 18.8 Å². The zero-order valence-corrected chi connectivity index (χ0v) is 8.93. The average molecular weight is 218 g/mol. The number of pyridine rings is 1. The van der Waals surface area contributed by atoms with Gasteiger partial charge in [0.05, 0.1) is 0 Å². The summed E-state index contributed by atoms with van der Waals surface area (Å²) in [5, 5.41) is 21.2. The summed E-state index contributed by atoms with van der Waals surface area (Å²) in [6.45, 7) is 1.09. The summed E-state index contributed by atoms with van der Waals surface area (Å²) in [6.07, 6.45) is 5.17. The highest BCUT2D eigenvalue weighted by Crippen LogP contribution is 2.18. The fourth-order valence-corrected chi connectivity index (χ4v) is 2.24. The molecule has 1 unspecified atom stereocenters. The van der Waals surface area contributed by atoms with Crippen LogP contribution in [0, 0.1) is 0 Å². The predicted octanol–water partition coefficient (Wildman–Crippen LogP) is 0.729. The van der Waals surface area contributed by atoms with Crippen molar-refractivity contribution in [2.24, 2.45) is 0 Å². The van der Waals surface area contributed by atoms with Crippen molar-refractivity contribution in [3.8, 4) is 5.75 Å². The standard InChI is InChI=1S/C11H14N4O/c16-9-4-2-6-15-10(13-14-11(9)15)7-8-3-1-5-12-8/h2,4,6,8,12,16H,1,3,5,7H2. The van der Waals surface area contributed by atoms with Gasteiger partial charge in [0.2, 0.25) is 5.65 Å². The smallest absolute Gasteiger partial charge is 0.203 e. The number of hydrogen-bond donors (Lipinski definition) is 2. The molecule has 0 aliphatic carbocycles. The van der Waals surface area contributed by atoms with E-state index < -0.39 is 0 Å². The maximum atomic E-state index is 9.61. The van der Waals surface area contributed by atoms with Gasteiger partial charge >= 0.3 is 0 Å². The average Bonchev–Trinajstić information content (AvgIpc) is 2.90. The second-order valence-electron chi connectivity index (χ2n) is 4.20. The first-order valence-electron chi connectivity index (χ1n) is 5.59. The minimum absolute atomic E-state index is 0.181. The number of nitrogens with zero attached hydrogens (tertiary/aromatic N) is 3. The van der Waals surface area contributed by atoms with Gasteiger partial charge in [0.25, 0.3) is 0 Å². The summed E-state index contributed by atoms with van der Waals surface area (Å²) in [5.74, 6) is 1.09. The summed E-state index contributed by atoms with van der Waals surface area (Å²) >= 11 is 0. The Morgan fingerprint density at radius 1 is 1.50 bits per heavy atom. The number of aromatic hydroxyl groups is 1. The zero-order valence-electron chi connectivity index (χ0n) is 8.93. The molecule has 3 heterocycles. The van der Waals surface area contributed by atoms with Crippen molar-refractivity contribution in [1.82, 2.24) is 19.9 Å². The lowest BCUT2D eigenvalue weighted by Crippen LogP contribution is -2.24. The van der Waals surface area contributed by atoms with Gasteiger partial charge in [0.15, 0.2) is 5.75 Å². The molecule has 5 nitrogen and oxygen atoms in total. The van der Waals surface area contributed by atoms with Gasteiger partial charge in [0.1, 0.15) is 5.82 Å². The fourth-order valence-electron chi connectivity index (χ4n) is 2.24. The lowest BCUT2D eigenvalue weighted by molar-refractivity contribution is 0.477. The Kier molecular flexibility index (Phi) is 2.25. The Balaban J connectivity index is 1.94. The second-order valence-corrected chi connectivity index (χ2v) is 4.20. The van der Waals surface area contributed by atoms with Crippen molar-refractivity contribution in [3.05, 3.63) is 24.2 Å². The van der Waals surface area contributed by atoms with Crippen LogP contribution in [-0.2, 0) is 6.42 Å². The molecule has 84 valence electrons. The van der Waals surface area contributed by atoms with E-state index in [2.05, 4.69) is 15.5 Å². The first-order valence-corrected chi connectivity index (χ1v) is 5.59. The first kappa shape index (κ1) is 9.59. The molecule has 0 aromatic carbocycles. The molecular weight excluding hydrogens is 204 g/mol. The molecule has 1 aliphatic rings. The van der Waals surface area contributed by atoms with Gasteiger partial charge in [-0.05, 0) is 31.5 Å². The minimum atomic E-state index is 0.181. The number of rotatable bonds is 2. The molecule has 2 aromatic rings. The van der Waals surface area contributed by atoms with Crippen molar-refractivity contribution < 1.29 is 5.11 Å². The first-order chi connectivity index (χ1) is 7.84. The molecule has 1 aliphatic heterocycles. The largest absolute Gasteiger partial charge is 0.504 e. The van der Waals surface area contributed by atoms with E-state index in [0.29, 0.717) is 11.7 Å². The molecule has 2 N–H and O–H groups in total. The fraction of sp³-hybridized carbons (Fsp3) is 0.455. The van der Waals surface area contributed by atoms with Crippen molar-refractivity contribution >= 4 is 5.65 Å². The highest BCUT2D eigenvalue weighted by atomic mass is 16.3. The Labute approximate surface area is 93.1 Å². The number of nitrogens with one attached hydrogen (secondary N) is 1.